The van der Waals surface area contributed by atoms with Crippen molar-refractivity contribution < 1.29 is 14.3 Å². The lowest BCUT2D eigenvalue weighted by Gasteiger charge is -2.14. The first kappa shape index (κ1) is 17.8. The third-order valence-electron chi connectivity index (χ3n) is 4.35. The van der Waals surface area contributed by atoms with Crippen molar-refractivity contribution in [2.24, 2.45) is 0 Å². The van der Waals surface area contributed by atoms with Crippen LogP contribution in [0.4, 0.5) is 0 Å². The van der Waals surface area contributed by atoms with Gasteiger partial charge in [-0.1, -0.05) is 41.9 Å². The van der Waals surface area contributed by atoms with Crippen LogP contribution in [0.25, 0.3) is 6.08 Å². The van der Waals surface area contributed by atoms with Crippen molar-refractivity contribution in [1.29, 1.82) is 0 Å². The van der Waals surface area contributed by atoms with Gasteiger partial charge in [0.25, 0.3) is 5.91 Å². The lowest BCUT2D eigenvalue weighted by Crippen LogP contribution is -2.30. The molecule has 1 amide bonds. The molecule has 0 spiro atoms. The number of ether oxygens (including phenoxy) is 2. The predicted octanol–water partition coefficient (Wildman–Crippen LogP) is 3.76. The minimum Gasteiger partial charge on any atom is -0.490 e. The van der Waals surface area contributed by atoms with Crippen molar-refractivity contribution in [3.8, 4) is 11.5 Å². The third-order valence-corrected chi connectivity index (χ3v) is 5.04. The minimum absolute atomic E-state index is 0.202. The normalized spacial score (nSPS) is 17.8. The number of hydrogen-bond acceptors (Lipinski definition) is 4. The van der Waals surface area contributed by atoms with E-state index >= 15 is 0 Å². The van der Waals surface area contributed by atoms with Crippen molar-refractivity contribution >= 4 is 40.9 Å². The fourth-order valence-corrected chi connectivity index (χ4v) is 3.45. The van der Waals surface area contributed by atoms with Gasteiger partial charge in [-0.05, 0) is 36.0 Å². The summed E-state index contributed by atoms with van der Waals surface area (Å²) in [5.41, 5.74) is 2.00. The molecule has 1 N–H and O–H groups in total. The highest BCUT2D eigenvalue weighted by atomic mass is 35.5. The largest absolute Gasteiger partial charge is 0.490 e. The molecule has 0 unspecified atom stereocenters. The van der Waals surface area contributed by atoms with Crippen LogP contribution in [0.1, 0.15) is 17.5 Å². The number of para-hydroxylation sites is 1. The molecule has 2 aliphatic heterocycles. The van der Waals surface area contributed by atoms with Crippen LogP contribution in [0, 0.1) is 0 Å². The van der Waals surface area contributed by atoms with Crippen LogP contribution in [0.15, 0.2) is 48.2 Å². The molecule has 0 aromatic heterocycles. The van der Waals surface area contributed by atoms with Gasteiger partial charge in [-0.15, -0.1) is 0 Å². The average Bonchev–Trinajstić information content (AvgIpc) is 2.84. The molecule has 138 valence electrons. The van der Waals surface area contributed by atoms with Gasteiger partial charge in [0.15, 0.2) is 16.6 Å². The van der Waals surface area contributed by atoms with Crippen LogP contribution in [-0.2, 0) is 11.3 Å². The maximum Gasteiger partial charge on any atom is 0.276 e. The molecule has 0 bridgehead atoms. The average molecular weight is 401 g/mol. The zero-order valence-electron chi connectivity index (χ0n) is 14.4. The molecule has 7 heteroatoms. The molecule has 2 aliphatic rings. The maximum atomic E-state index is 12.9. The first-order valence-corrected chi connectivity index (χ1v) is 9.38. The summed E-state index contributed by atoms with van der Waals surface area (Å²) < 4.78 is 11.5. The van der Waals surface area contributed by atoms with E-state index in [1.54, 1.807) is 12.1 Å². The standard InChI is InChI=1S/C20H17ClN2O3S/c21-15-7-2-1-5-14(15)12-23-19(24)16(22-20(23)27)11-13-6-3-8-17-18(13)26-10-4-9-25-17/h1-3,5-8,11H,4,9-10,12H2,(H,22,27)/b16-11-. The van der Waals surface area contributed by atoms with Crippen LogP contribution < -0.4 is 14.8 Å². The van der Waals surface area contributed by atoms with E-state index in [-0.39, 0.29) is 5.91 Å². The van der Waals surface area contributed by atoms with Gasteiger partial charge in [-0.3, -0.25) is 9.69 Å². The first-order chi connectivity index (χ1) is 13.1. The van der Waals surface area contributed by atoms with E-state index in [0.29, 0.717) is 47.1 Å². The number of fused-ring (bicyclic) bond motifs is 1. The highest BCUT2D eigenvalue weighted by molar-refractivity contribution is 7.80. The molecule has 0 aliphatic carbocycles. The highest BCUT2D eigenvalue weighted by Gasteiger charge is 2.31. The molecule has 1 fully saturated rings. The molecule has 0 radical (unpaired) electrons. The molecular weight excluding hydrogens is 384 g/mol. The Hall–Kier alpha value is -2.57. The van der Waals surface area contributed by atoms with E-state index in [4.69, 9.17) is 33.3 Å². The van der Waals surface area contributed by atoms with E-state index in [2.05, 4.69) is 5.32 Å². The third kappa shape index (κ3) is 3.63. The Bertz CT molecular complexity index is 945. The molecule has 5 nitrogen and oxygen atoms in total. The van der Waals surface area contributed by atoms with Gasteiger partial charge < -0.3 is 14.8 Å². The second kappa shape index (κ2) is 7.58. The number of nitrogens with one attached hydrogen (secondary N) is 1. The number of carbonyl (C=O) groups excluding carboxylic acids is 1. The summed E-state index contributed by atoms with van der Waals surface area (Å²) in [5.74, 6) is 1.13. The Kier molecular flexibility index (Phi) is 5.01. The van der Waals surface area contributed by atoms with Crippen molar-refractivity contribution in [1.82, 2.24) is 10.2 Å². The van der Waals surface area contributed by atoms with Gasteiger partial charge in [-0.2, -0.15) is 0 Å². The molecule has 1 saturated heterocycles. The SMILES string of the molecule is O=C1/C(=C/c2cccc3c2OCCCO3)NC(=S)N1Cc1ccccc1Cl. The maximum absolute atomic E-state index is 12.9. The summed E-state index contributed by atoms with van der Waals surface area (Å²) in [7, 11) is 0. The first-order valence-electron chi connectivity index (χ1n) is 8.60. The highest BCUT2D eigenvalue weighted by Crippen LogP contribution is 2.35. The molecule has 2 heterocycles. The number of halogens is 1. The Morgan fingerprint density at radius 3 is 2.81 bits per heavy atom. The van der Waals surface area contributed by atoms with Gasteiger partial charge in [0.1, 0.15) is 5.70 Å². The number of amides is 1. The summed E-state index contributed by atoms with van der Waals surface area (Å²) in [6.07, 6.45) is 2.56. The smallest absolute Gasteiger partial charge is 0.276 e. The van der Waals surface area contributed by atoms with E-state index < -0.39 is 0 Å². The second-order valence-electron chi connectivity index (χ2n) is 6.20. The van der Waals surface area contributed by atoms with E-state index in [1.807, 2.05) is 36.4 Å². The van der Waals surface area contributed by atoms with Crippen LogP contribution in [0.2, 0.25) is 5.02 Å². The molecular formula is C20H17ClN2O3S. The van der Waals surface area contributed by atoms with E-state index in [0.717, 1.165) is 17.5 Å². The quantitative estimate of drug-likeness (QED) is 0.628. The minimum atomic E-state index is -0.202. The van der Waals surface area contributed by atoms with Gasteiger partial charge >= 0.3 is 0 Å². The number of benzene rings is 2. The molecule has 0 saturated carbocycles. The Morgan fingerprint density at radius 2 is 1.96 bits per heavy atom. The summed E-state index contributed by atoms with van der Waals surface area (Å²) in [4.78, 5) is 14.4. The lowest BCUT2D eigenvalue weighted by atomic mass is 10.1. The van der Waals surface area contributed by atoms with Crippen molar-refractivity contribution in [2.75, 3.05) is 13.2 Å². The van der Waals surface area contributed by atoms with Crippen molar-refractivity contribution in [3.63, 3.8) is 0 Å². The molecule has 27 heavy (non-hydrogen) atoms. The molecule has 4 rings (SSSR count). The summed E-state index contributed by atoms with van der Waals surface area (Å²) in [6, 6.07) is 13.0. The Morgan fingerprint density at radius 1 is 1.15 bits per heavy atom. The molecule has 2 aromatic carbocycles. The zero-order valence-corrected chi connectivity index (χ0v) is 16.0. The summed E-state index contributed by atoms with van der Waals surface area (Å²) in [5, 5.41) is 3.95. The Balaban J connectivity index is 1.62. The van der Waals surface area contributed by atoms with Crippen LogP contribution in [-0.4, -0.2) is 29.1 Å². The topological polar surface area (TPSA) is 50.8 Å². The fourth-order valence-electron chi connectivity index (χ4n) is 3.00. The predicted molar refractivity (Wildman–Crippen MR) is 108 cm³/mol. The van der Waals surface area contributed by atoms with Gasteiger partial charge in [-0.25, -0.2) is 0 Å². The number of hydrogen-bond donors (Lipinski definition) is 1. The van der Waals surface area contributed by atoms with Gasteiger partial charge in [0.05, 0.1) is 19.8 Å². The van der Waals surface area contributed by atoms with E-state index in [9.17, 15) is 4.79 Å². The van der Waals surface area contributed by atoms with Gasteiger partial charge in [0.2, 0.25) is 0 Å². The van der Waals surface area contributed by atoms with Gasteiger partial charge in [0, 0.05) is 17.0 Å². The summed E-state index contributed by atoms with van der Waals surface area (Å²) in [6.45, 7) is 1.50. The number of thiocarbonyl (C=S) groups is 1. The van der Waals surface area contributed by atoms with Crippen LogP contribution >= 0.6 is 23.8 Å². The lowest BCUT2D eigenvalue weighted by molar-refractivity contribution is -0.122. The Labute approximate surface area is 167 Å². The zero-order chi connectivity index (χ0) is 18.8. The molecule has 0 atom stereocenters. The molecule has 2 aromatic rings. The van der Waals surface area contributed by atoms with Crippen molar-refractivity contribution in [3.05, 3.63) is 64.3 Å². The fraction of sp³-hybridized carbons (Fsp3) is 0.200. The summed E-state index contributed by atoms with van der Waals surface area (Å²) >= 11 is 11.6. The number of rotatable bonds is 3. The second-order valence-corrected chi connectivity index (χ2v) is 6.99. The van der Waals surface area contributed by atoms with E-state index in [1.165, 1.54) is 4.90 Å². The van der Waals surface area contributed by atoms with Crippen molar-refractivity contribution in [2.45, 2.75) is 13.0 Å². The number of carbonyl (C=O) groups is 1. The van der Waals surface area contributed by atoms with Crippen LogP contribution in [0.5, 0.6) is 11.5 Å². The number of nitrogens with zero attached hydrogens (tertiary/aromatic N) is 1. The monoisotopic (exact) mass is 400 g/mol. The van der Waals surface area contributed by atoms with Crippen LogP contribution in [0.3, 0.4) is 0 Å².